The molecule has 0 aliphatic carbocycles. The smallest absolute Gasteiger partial charge is 0.418 e. The molecule has 160 valence electrons. The Labute approximate surface area is 181 Å². The fourth-order valence-electron chi connectivity index (χ4n) is 2.72. The Morgan fingerprint density at radius 2 is 1.53 bits per heavy atom. The van der Waals surface area contributed by atoms with E-state index in [9.17, 15) is 28.0 Å². The van der Waals surface area contributed by atoms with Crippen LogP contribution in [0.2, 0.25) is 0 Å². The van der Waals surface area contributed by atoms with Crippen molar-refractivity contribution in [2.75, 3.05) is 5.32 Å². The molecular weight excluding hydrogens is 421 g/mol. The highest BCUT2D eigenvalue weighted by Crippen LogP contribution is 2.34. The monoisotopic (exact) mass is 436 g/mol. The van der Waals surface area contributed by atoms with Gasteiger partial charge in [-0.1, -0.05) is 42.5 Å². The number of carbonyl (C=O) groups is 2. The quantitative estimate of drug-likeness (QED) is 0.249. The molecule has 32 heavy (non-hydrogen) atoms. The maximum Gasteiger partial charge on any atom is 0.418 e. The Balaban J connectivity index is 1.73. The molecule has 0 fully saturated rings. The van der Waals surface area contributed by atoms with Crippen LogP contribution in [0.3, 0.4) is 0 Å². The second-order valence-electron chi connectivity index (χ2n) is 6.49. The van der Waals surface area contributed by atoms with Crippen LogP contribution in [0.5, 0.6) is 5.75 Å². The lowest BCUT2D eigenvalue weighted by Gasteiger charge is -2.13. The Morgan fingerprint density at radius 3 is 2.16 bits per heavy atom. The molecule has 0 bridgehead atoms. The maximum absolute atomic E-state index is 13.1. The first-order valence-corrected chi connectivity index (χ1v) is 9.24. The molecule has 0 aliphatic heterocycles. The normalized spacial score (nSPS) is 11.4. The number of anilines is 1. The molecule has 0 aromatic heterocycles. The summed E-state index contributed by atoms with van der Waals surface area (Å²) in [5, 5.41) is 11.4. The minimum atomic E-state index is -4.66. The molecule has 5 nitrogen and oxygen atoms in total. The first-order chi connectivity index (χ1) is 15.3. The van der Waals surface area contributed by atoms with Crippen LogP contribution in [0, 0.1) is 11.3 Å². The SMILES string of the molecule is N#C/C(=C\c1ccc(OC(=O)c2ccccc2)cc1)C(=O)Nc1ccccc1C(F)(F)F. The molecule has 3 aromatic carbocycles. The average molecular weight is 436 g/mol. The lowest BCUT2D eigenvalue weighted by molar-refractivity contribution is -0.137. The third kappa shape index (κ3) is 5.61. The Morgan fingerprint density at radius 1 is 0.906 bits per heavy atom. The molecule has 0 atom stereocenters. The van der Waals surface area contributed by atoms with E-state index in [4.69, 9.17) is 4.74 Å². The predicted molar refractivity (Wildman–Crippen MR) is 112 cm³/mol. The van der Waals surface area contributed by atoms with Crippen molar-refractivity contribution < 1.29 is 27.5 Å². The Hall–Kier alpha value is -4.38. The number of nitriles is 1. The van der Waals surface area contributed by atoms with E-state index in [1.807, 2.05) is 0 Å². The van der Waals surface area contributed by atoms with Gasteiger partial charge in [-0.15, -0.1) is 0 Å². The second-order valence-corrected chi connectivity index (χ2v) is 6.49. The van der Waals surface area contributed by atoms with E-state index >= 15 is 0 Å². The summed E-state index contributed by atoms with van der Waals surface area (Å²) in [6, 6.07) is 20.5. The topological polar surface area (TPSA) is 79.2 Å². The van der Waals surface area contributed by atoms with Crippen LogP contribution >= 0.6 is 0 Å². The minimum Gasteiger partial charge on any atom is -0.423 e. The summed E-state index contributed by atoms with van der Waals surface area (Å²) in [5.41, 5.74) is -1.07. The van der Waals surface area contributed by atoms with Crippen molar-refractivity contribution in [3.05, 3.63) is 101 Å². The van der Waals surface area contributed by atoms with E-state index in [0.29, 0.717) is 11.1 Å². The Bertz CT molecular complexity index is 1200. The van der Waals surface area contributed by atoms with Gasteiger partial charge in [0, 0.05) is 0 Å². The molecule has 0 saturated carbocycles. The number of nitrogens with one attached hydrogen (secondary N) is 1. The molecule has 0 spiro atoms. The zero-order valence-corrected chi connectivity index (χ0v) is 16.4. The van der Waals surface area contributed by atoms with Crippen molar-refractivity contribution in [2.24, 2.45) is 0 Å². The Kier molecular flexibility index (Phi) is 6.71. The van der Waals surface area contributed by atoms with Crippen molar-refractivity contribution in [2.45, 2.75) is 6.18 Å². The zero-order valence-electron chi connectivity index (χ0n) is 16.4. The predicted octanol–water partition coefficient (Wildman–Crippen LogP) is 5.47. The molecular formula is C24H15F3N2O3. The van der Waals surface area contributed by atoms with E-state index < -0.39 is 34.9 Å². The van der Waals surface area contributed by atoms with E-state index in [1.54, 1.807) is 36.4 Å². The van der Waals surface area contributed by atoms with Gasteiger partial charge in [0.2, 0.25) is 0 Å². The van der Waals surface area contributed by atoms with Gasteiger partial charge in [0.25, 0.3) is 5.91 Å². The summed E-state index contributed by atoms with van der Waals surface area (Å²) < 4.78 is 44.5. The van der Waals surface area contributed by atoms with Crippen molar-refractivity contribution in [3.8, 4) is 11.8 Å². The first-order valence-electron chi connectivity index (χ1n) is 9.24. The second kappa shape index (κ2) is 9.62. The van der Waals surface area contributed by atoms with Crippen LogP contribution in [-0.2, 0) is 11.0 Å². The average Bonchev–Trinajstić information content (AvgIpc) is 2.78. The van der Waals surface area contributed by atoms with Gasteiger partial charge >= 0.3 is 12.1 Å². The van der Waals surface area contributed by atoms with Crippen LogP contribution in [0.15, 0.2) is 84.4 Å². The fraction of sp³-hybridized carbons (Fsp3) is 0.0417. The van der Waals surface area contributed by atoms with Crippen molar-refractivity contribution in [3.63, 3.8) is 0 Å². The highest BCUT2D eigenvalue weighted by atomic mass is 19.4. The largest absolute Gasteiger partial charge is 0.423 e. The van der Waals surface area contributed by atoms with Gasteiger partial charge in [-0.25, -0.2) is 4.79 Å². The molecule has 1 amide bonds. The number of esters is 1. The molecule has 3 aromatic rings. The number of para-hydroxylation sites is 1. The number of nitrogens with zero attached hydrogens (tertiary/aromatic N) is 1. The van der Waals surface area contributed by atoms with Gasteiger partial charge < -0.3 is 10.1 Å². The molecule has 0 saturated heterocycles. The summed E-state index contributed by atoms with van der Waals surface area (Å²) in [4.78, 5) is 24.4. The number of ether oxygens (including phenoxy) is 1. The number of amides is 1. The first kappa shape index (κ1) is 22.3. The van der Waals surface area contributed by atoms with Gasteiger partial charge in [0.05, 0.1) is 16.8 Å². The number of alkyl halides is 3. The summed E-state index contributed by atoms with van der Waals surface area (Å²) in [5.74, 6) is -1.28. The third-order valence-electron chi connectivity index (χ3n) is 4.26. The highest BCUT2D eigenvalue weighted by molar-refractivity contribution is 6.10. The van der Waals surface area contributed by atoms with Crippen molar-refractivity contribution >= 4 is 23.6 Å². The highest BCUT2D eigenvalue weighted by Gasteiger charge is 2.33. The van der Waals surface area contributed by atoms with Gasteiger partial charge in [0.1, 0.15) is 17.4 Å². The van der Waals surface area contributed by atoms with Gasteiger partial charge in [-0.3, -0.25) is 4.79 Å². The summed E-state index contributed by atoms with van der Waals surface area (Å²) in [7, 11) is 0. The van der Waals surface area contributed by atoms with Crippen LogP contribution in [-0.4, -0.2) is 11.9 Å². The summed E-state index contributed by atoms with van der Waals surface area (Å²) in [6.07, 6.45) is -3.44. The van der Waals surface area contributed by atoms with Crippen LogP contribution in [0.4, 0.5) is 18.9 Å². The third-order valence-corrected chi connectivity index (χ3v) is 4.26. The van der Waals surface area contributed by atoms with E-state index in [2.05, 4.69) is 5.32 Å². The number of hydrogen-bond donors (Lipinski definition) is 1. The number of rotatable bonds is 5. The lowest BCUT2D eigenvalue weighted by Crippen LogP contribution is -2.17. The molecule has 1 N–H and O–H groups in total. The number of halogens is 3. The molecule has 3 rings (SSSR count). The molecule has 0 radical (unpaired) electrons. The van der Waals surface area contributed by atoms with Gasteiger partial charge in [-0.05, 0) is 48.0 Å². The van der Waals surface area contributed by atoms with E-state index in [-0.39, 0.29) is 5.75 Å². The number of benzene rings is 3. The van der Waals surface area contributed by atoms with Gasteiger partial charge in [-0.2, -0.15) is 18.4 Å². The lowest BCUT2D eigenvalue weighted by atomic mass is 10.1. The maximum atomic E-state index is 13.1. The number of carbonyl (C=O) groups excluding carboxylic acids is 2. The summed E-state index contributed by atoms with van der Waals surface area (Å²) >= 11 is 0. The molecule has 0 heterocycles. The zero-order chi connectivity index (χ0) is 23.1. The fourth-order valence-corrected chi connectivity index (χ4v) is 2.72. The molecule has 0 unspecified atom stereocenters. The van der Waals surface area contributed by atoms with Crippen molar-refractivity contribution in [1.82, 2.24) is 0 Å². The molecule has 0 aliphatic rings. The van der Waals surface area contributed by atoms with Crippen LogP contribution in [0.1, 0.15) is 21.5 Å². The van der Waals surface area contributed by atoms with E-state index in [0.717, 1.165) is 12.1 Å². The summed E-state index contributed by atoms with van der Waals surface area (Å²) in [6.45, 7) is 0. The van der Waals surface area contributed by atoms with Crippen LogP contribution in [0.25, 0.3) is 6.08 Å². The van der Waals surface area contributed by atoms with Gasteiger partial charge in [0.15, 0.2) is 0 Å². The number of hydrogen-bond acceptors (Lipinski definition) is 4. The standard InChI is InChI=1S/C24H15F3N2O3/c25-24(26,27)20-8-4-5-9-21(20)29-22(30)18(15-28)14-16-10-12-19(13-11-16)32-23(31)17-6-2-1-3-7-17/h1-14H,(H,29,30)/b18-14+. The van der Waals surface area contributed by atoms with Crippen molar-refractivity contribution in [1.29, 1.82) is 5.26 Å². The van der Waals surface area contributed by atoms with Crippen LogP contribution < -0.4 is 10.1 Å². The van der Waals surface area contributed by atoms with E-state index in [1.165, 1.54) is 42.5 Å². The molecule has 8 heteroatoms. The minimum absolute atomic E-state index is 0.248.